The molecule has 11 rings (SSSR count). The Labute approximate surface area is 494 Å². The molecule has 0 spiro atoms. The Morgan fingerprint density at radius 1 is 0.607 bits per heavy atom. The number of carbonyl (C=O) groups is 2. The van der Waals surface area contributed by atoms with Crippen LogP contribution in [0.25, 0.3) is 56.0 Å². The molecule has 2 amide bonds. The van der Waals surface area contributed by atoms with Crippen LogP contribution in [0, 0.1) is 22.7 Å². The lowest BCUT2D eigenvalue weighted by Gasteiger charge is -2.32. The van der Waals surface area contributed by atoms with Crippen LogP contribution in [0.4, 0.5) is 11.4 Å². The van der Waals surface area contributed by atoms with Crippen molar-refractivity contribution in [3.8, 4) is 57.4 Å². The Hall–Kier alpha value is -8.43. The number of ether oxygens (including phenoxy) is 4. The Morgan fingerprint density at radius 2 is 1.07 bits per heavy atom. The summed E-state index contributed by atoms with van der Waals surface area (Å²) in [6.45, 7) is 11.1. The molecule has 3 aliphatic rings. The van der Waals surface area contributed by atoms with Gasteiger partial charge in [-0.1, -0.05) is 23.7 Å². The first kappa shape index (κ1) is 60.2. The first-order valence-corrected chi connectivity index (χ1v) is 28.0. The Bertz CT molecular complexity index is 3760. The number of carbonyl (C=O) groups excluding carboxylic acids is 2. The van der Waals surface area contributed by atoms with E-state index in [0.29, 0.717) is 84.6 Å². The normalized spacial score (nSPS) is 15.6. The Kier molecular flexibility index (Phi) is 18.6. The fourth-order valence-corrected chi connectivity index (χ4v) is 10.1. The van der Waals surface area contributed by atoms with Crippen LogP contribution in [0.3, 0.4) is 0 Å². The lowest BCUT2D eigenvalue weighted by Crippen LogP contribution is -2.41. The molecule has 18 nitrogen and oxygen atoms in total. The number of methoxy groups -OCH3 is 2. The first-order valence-electron chi connectivity index (χ1n) is 27.7. The van der Waals surface area contributed by atoms with Crippen molar-refractivity contribution in [2.75, 3.05) is 79.5 Å². The van der Waals surface area contributed by atoms with Crippen LogP contribution in [0.15, 0.2) is 118 Å². The second-order valence-electron chi connectivity index (χ2n) is 22.0. The molecule has 3 fully saturated rings. The predicted octanol–water partition coefficient (Wildman–Crippen LogP) is 11.6. The summed E-state index contributed by atoms with van der Waals surface area (Å²) in [6.07, 6.45) is 7.11. The monoisotopic (exact) mass is 1150 g/mol. The summed E-state index contributed by atoms with van der Waals surface area (Å²) in [7, 11) is 9.50. The van der Waals surface area contributed by atoms with Crippen LogP contribution in [0.5, 0.6) is 11.5 Å². The van der Waals surface area contributed by atoms with Crippen molar-refractivity contribution in [1.82, 2.24) is 19.8 Å². The molecule has 0 unspecified atom stereocenters. The lowest BCUT2D eigenvalue weighted by molar-refractivity contribution is 0.00578. The van der Waals surface area contributed by atoms with Crippen molar-refractivity contribution in [1.29, 1.82) is 10.5 Å². The first-order chi connectivity index (χ1) is 40.3. The van der Waals surface area contributed by atoms with E-state index in [9.17, 15) is 20.1 Å². The third-order valence-corrected chi connectivity index (χ3v) is 15.6. The van der Waals surface area contributed by atoms with Crippen molar-refractivity contribution >= 4 is 69.6 Å². The highest BCUT2D eigenvalue weighted by Crippen LogP contribution is 2.41. The predicted molar refractivity (Wildman–Crippen MR) is 325 cm³/mol. The fraction of sp³-hybridized carbons (Fsp3) is 0.344. The van der Waals surface area contributed by atoms with E-state index in [4.69, 9.17) is 48.7 Å². The Morgan fingerprint density at radius 3 is 1.55 bits per heavy atom. The van der Waals surface area contributed by atoms with Gasteiger partial charge in [-0.05, 0) is 137 Å². The highest BCUT2D eigenvalue weighted by atomic mass is 35.5. The van der Waals surface area contributed by atoms with E-state index in [1.807, 2.05) is 82.3 Å². The maximum atomic E-state index is 12.4. The third-order valence-electron chi connectivity index (χ3n) is 15.3. The standard InChI is InChI=1S/C29H28N4O4.C18H25BN2O3.C17H15ClN2O3/c1-33(2)29(34)19-4-6-23(26(15-19)35-3)27-16-25-28(37-27)22(8-11-31-25)18-5-7-24(20(14-18)17-30)32-21-9-12-36-13-10-21;1-17(2)18(3,4)24-19(23-17)14-5-6-16(13(11-14)12-20)21-15-7-9-22-10-8-15;1-20(2)17(21)10-4-5-11(14(8-10)22-3)15-9-13-16(23-15)12(18)6-7-19-13/h4-8,11,14-16,21,32H,9-10,12-13H2,1-3H3;5-6,11,15,21H,7-10H2,1-4H3;4-9H,1-3H3. The molecule has 3 aliphatic heterocycles. The molecule has 4 aromatic heterocycles. The van der Waals surface area contributed by atoms with Crippen LogP contribution in [0.1, 0.15) is 85.2 Å². The molecular formula is C64H68BClN8O10. The lowest BCUT2D eigenvalue weighted by atomic mass is 9.78. The van der Waals surface area contributed by atoms with Gasteiger partial charge in [0.25, 0.3) is 11.8 Å². The van der Waals surface area contributed by atoms with Gasteiger partial charge >= 0.3 is 7.12 Å². The highest BCUT2D eigenvalue weighted by molar-refractivity contribution is 6.62. The van der Waals surface area contributed by atoms with E-state index in [-0.39, 0.29) is 23.0 Å². The number of hydrogen-bond acceptors (Lipinski definition) is 16. The Balaban J connectivity index is 0.000000158. The van der Waals surface area contributed by atoms with E-state index >= 15 is 0 Å². The molecular weight excluding hydrogens is 1090 g/mol. The van der Waals surface area contributed by atoms with E-state index in [2.05, 4.69) is 32.7 Å². The van der Waals surface area contributed by atoms with Gasteiger partial charge in [0.2, 0.25) is 0 Å². The number of amides is 2. The van der Waals surface area contributed by atoms with Gasteiger partial charge in [-0.2, -0.15) is 10.5 Å². The molecule has 3 saturated heterocycles. The van der Waals surface area contributed by atoms with Crippen molar-refractivity contribution in [3.05, 3.63) is 137 Å². The molecule has 2 N–H and O–H groups in total. The molecule has 0 saturated carbocycles. The van der Waals surface area contributed by atoms with Crippen LogP contribution in [0.2, 0.25) is 5.02 Å². The number of anilines is 2. The number of nitrogens with one attached hydrogen (secondary N) is 2. The summed E-state index contributed by atoms with van der Waals surface area (Å²) in [5.74, 6) is 2.04. The molecule has 84 heavy (non-hydrogen) atoms. The maximum Gasteiger partial charge on any atom is 0.494 e. The molecule has 7 heterocycles. The summed E-state index contributed by atoms with van der Waals surface area (Å²) < 4.78 is 46.1. The number of furan rings is 2. The largest absolute Gasteiger partial charge is 0.496 e. The van der Waals surface area contributed by atoms with Crippen LogP contribution in [-0.2, 0) is 18.8 Å². The topological polar surface area (TPSA) is 220 Å². The van der Waals surface area contributed by atoms with E-state index < -0.39 is 7.12 Å². The minimum Gasteiger partial charge on any atom is -0.496 e. The quantitative estimate of drug-likeness (QED) is 0.109. The van der Waals surface area contributed by atoms with Crippen molar-refractivity contribution in [2.24, 2.45) is 0 Å². The van der Waals surface area contributed by atoms with Crippen molar-refractivity contribution in [3.63, 3.8) is 0 Å². The van der Waals surface area contributed by atoms with Crippen LogP contribution >= 0.6 is 11.6 Å². The number of nitrogens with zero attached hydrogens (tertiary/aromatic N) is 6. The third kappa shape index (κ3) is 13.3. The number of nitriles is 2. The summed E-state index contributed by atoms with van der Waals surface area (Å²) in [6, 6.07) is 34.6. The molecule has 8 aromatic rings. The molecule has 20 heteroatoms. The van der Waals surface area contributed by atoms with Gasteiger partial charge < -0.3 is 57.5 Å². The van der Waals surface area contributed by atoms with Gasteiger partial charge in [0.1, 0.15) is 46.2 Å². The van der Waals surface area contributed by atoms with Gasteiger partial charge in [0.05, 0.1) is 64.1 Å². The zero-order valence-electron chi connectivity index (χ0n) is 48.9. The van der Waals surface area contributed by atoms with Gasteiger partial charge in [-0.25, -0.2) is 0 Å². The fourth-order valence-electron chi connectivity index (χ4n) is 9.87. The number of pyridine rings is 2. The summed E-state index contributed by atoms with van der Waals surface area (Å²) in [4.78, 5) is 36.2. The number of hydrogen-bond donors (Lipinski definition) is 2. The van der Waals surface area contributed by atoms with E-state index in [0.717, 1.165) is 91.2 Å². The number of rotatable bonds is 12. The average molecular weight is 1160 g/mol. The summed E-state index contributed by atoms with van der Waals surface area (Å²) in [5, 5.41) is 26.8. The molecule has 0 bridgehead atoms. The van der Waals surface area contributed by atoms with Gasteiger partial charge in [-0.3, -0.25) is 19.6 Å². The van der Waals surface area contributed by atoms with Gasteiger partial charge in [0, 0.05) is 108 Å². The summed E-state index contributed by atoms with van der Waals surface area (Å²) >= 11 is 6.12. The van der Waals surface area contributed by atoms with Crippen LogP contribution in [-0.4, -0.2) is 131 Å². The molecule has 0 atom stereocenters. The second kappa shape index (κ2) is 26.0. The van der Waals surface area contributed by atoms with E-state index in [1.54, 1.807) is 97.3 Å². The zero-order valence-corrected chi connectivity index (χ0v) is 49.7. The maximum absolute atomic E-state index is 12.4. The molecule has 4 aromatic carbocycles. The highest BCUT2D eigenvalue weighted by Gasteiger charge is 2.51. The van der Waals surface area contributed by atoms with Crippen LogP contribution < -0.4 is 25.6 Å². The SMILES string of the molecule is CC1(C)OB(c2ccc(NC3CCOCC3)c(C#N)c2)OC1(C)C.COc1cc(C(=O)N(C)C)ccc1-c1cc2nccc(-c3ccc(NC4CCOCC4)c(C#N)c3)c2o1.COc1cc(C(=O)N(C)C)ccc1-c1cc2nccc(Cl)c2o1. The van der Waals surface area contributed by atoms with Gasteiger partial charge in [-0.15, -0.1) is 0 Å². The smallest absolute Gasteiger partial charge is 0.494 e. The van der Waals surface area contributed by atoms with Crippen molar-refractivity contribution < 1.29 is 46.7 Å². The molecule has 0 radical (unpaired) electrons. The average Bonchev–Trinajstić information content (AvgIpc) is 3.20. The summed E-state index contributed by atoms with van der Waals surface area (Å²) in [5.41, 5.74) is 9.70. The van der Waals surface area contributed by atoms with Crippen molar-refractivity contribution in [2.45, 2.75) is 76.7 Å². The van der Waals surface area contributed by atoms with Gasteiger partial charge in [0.15, 0.2) is 11.2 Å². The molecule has 0 aliphatic carbocycles. The number of aromatic nitrogens is 2. The number of fused-ring (bicyclic) bond motifs is 2. The minimum absolute atomic E-state index is 0.0934. The number of benzene rings is 4. The zero-order chi connectivity index (χ0) is 59.9. The minimum atomic E-state index is -0.445. The van der Waals surface area contributed by atoms with E-state index in [1.165, 1.54) is 9.80 Å². The molecule has 434 valence electrons. The second-order valence-corrected chi connectivity index (χ2v) is 22.4. The number of halogens is 1.